The second-order valence-electron chi connectivity index (χ2n) is 6.90. The SMILES string of the molecule is Cc1nc2nc(N[C@@H](C)c3cccc(F)c3)nc(C(=O)N3CC[C@@H](O)C3)c2s1. The number of hydrogen-bond donors (Lipinski definition) is 2. The van der Waals surface area contributed by atoms with Gasteiger partial charge in [0.2, 0.25) is 5.95 Å². The summed E-state index contributed by atoms with van der Waals surface area (Å²) in [6.45, 7) is 4.51. The highest BCUT2D eigenvalue weighted by Crippen LogP contribution is 2.27. The number of aliphatic hydroxyl groups excluding tert-OH is 1. The number of anilines is 1. The molecule has 2 atom stereocenters. The molecule has 1 saturated heterocycles. The lowest BCUT2D eigenvalue weighted by Crippen LogP contribution is -2.30. The van der Waals surface area contributed by atoms with E-state index in [0.717, 1.165) is 10.6 Å². The number of carbonyl (C=O) groups excluding carboxylic acids is 1. The van der Waals surface area contributed by atoms with Gasteiger partial charge in [0, 0.05) is 13.1 Å². The number of aromatic nitrogens is 3. The Morgan fingerprint density at radius 2 is 2.21 bits per heavy atom. The highest BCUT2D eigenvalue weighted by molar-refractivity contribution is 7.18. The highest BCUT2D eigenvalue weighted by atomic mass is 32.1. The summed E-state index contributed by atoms with van der Waals surface area (Å²) in [7, 11) is 0. The molecule has 0 radical (unpaired) electrons. The minimum atomic E-state index is -0.505. The number of nitrogens with zero attached hydrogens (tertiary/aromatic N) is 4. The minimum absolute atomic E-state index is 0.242. The van der Waals surface area contributed by atoms with Crippen LogP contribution in [0.5, 0.6) is 0 Å². The number of benzene rings is 1. The monoisotopic (exact) mass is 401 g/mol. The fourth-order valence-corrected chi connectivity index (χ4v) is 4.11. The van der Waals surface area contributed by atoms with Crippen molar-refractivity contribution in [2.24, 2.45) is 0 Å². The van der Waals surface area contributed by atoms with Crippen molar-refractivity contribution in [2.75, 3.05) is 18.4 Å². The van der Waals surface area contributed by atoms with Crippen molar-refractivity contribution in [3.8, 4) is 0 Å². The largest absolute Gasteiger partial charge is 0.391 e. The van der Waals surface area contributed by atoms with Gasteiger partial charge >= 0.3 is 0 Å². The number of fused-ring (bicyclic) bond motifs is 1. The molecule has 2 N–H and O–H groups in total. The lowest BCUT2D eigenvalue weighted by atomic mass is 10.1. The minimum Gasteiger partial charge on any atom is -0.391 e. The Hall–Kier alpha value is -2.65. The van der Waals surface area contributed by atoms with Crippen LogP contribution in [0.25, 0.3) is 10.3 Å². The van der Waals surface area contributed by atoms with E-state index in [9.17, 15) is 14.3 Å². The van der Waals surface area contributed by atoms with Crippen LogP contribution in [-0.2, 0) is 0 Å². The molecule has 1 aliphatic rings. The highest BCUT2D eigenvalue weighted by Gasteiger charge is 2.29. The number of aryl methyl sites for hydroxylation is 1. The molecule has 0 aliphatic carbocycles. The standard InChI is InChI=1S/C19H20FN5O2S/c1-10(12-4-3-5-13(20)8-12)21-19-23-15(16-17(24-19)22-11(2)28-16)18(27)25-7-6-14(26)9-25/h3-5,8,10,14,26H,6-7,9H2,1-2H3,(H,21,23,24)/t10-,14+/m0/s1. The van der Waals surface area contributed by atoms with Crippen molar-refractivity contribution in [3.05, 3.63) is 46.3 Å². The molecule has 1 fully saturated rings. The lowest BCUT2D eigenvalue weighted by molar-refractivity contribution is 0.0761. The van der Waals surface area contributed by atoms with Gasteiger partial charge in [0.15, 0.2) is 11.3 Å². The normalized spacial score (nSPS) is 17.9. The van der Waals surface area contributed by atoms with Gasteiger partial charge in [-0.3, -0.25) is 4.79 Å². The summed E-state index contributed by atoms with van der Waals surface area (Å²) < 4.78 is 14.1. The fourth-order valence-electron chi connectivity index (χ4n) is 3.27. The molecule has 2 aromatic heterocycles. The van der Waals surface area contributed by atoms with E-state index < -0.39 is 6.10 Å². The molecule has 0 unspecified atom stereocenters. The van der Waals surface area contributed by atoms with Crippen LogP contribution < -0.4 is 5.32 Å². The quantitative estimate of drug-likeness (QED) is 0.699. The van der Waals surface area contributed by atoms with E-state index in [-0.39, 0.29) is 29.4 Å². The van der Waals surface area contributed by atoms with Crippen molar-refractivity contribution >= 4 is 33.5 Å². The fraction of sp³-hybridized carbons (Fsp3) is 0.368. The van der Waals surface area contributed by atoms with Crippen LogP contribution in [-0.4, -0.2) is 50.1 Å². The van der Waals surface area contributed by atoms with Crippen molar-refractivity contribution in [1.82, 2.24) is 19.9 Å². The summed E-state index contributed by atoms with van der Waals surface area (Å²) in [5.74, 6) is -0.298. The number of halogens is 1. The van der Waals surface area contributed by atoms with E-state index in [4.69, 9.17) is 0 Å². The smallest absolute Gasteiger partial charge is 0.274 e. The van der Waals surface area contributed by atoms with Gasteiger partial charge in [-0.15, -0.1) is 11.3 Å². The average Bonchev–Trinajstić information content (AvgIpc) is 3.25. The van der Waals surface area contributed by atoms with Crippen molar-refractivity contribution in [1.29, 1.82) is 0 Å². The molecular weight excluding hydrogens is 381 g/mol. The molecule has 0 saturated carbocycles. The van der Waals surface area contributed by atoms with Gasteiger partial charge in [-0.2, -0.15) is 4.98 Å². The Bertz CT molecular complexity index is 1040. The molecule has 146 valence electrons. The number of rotatable bonds is 4. The predicted octanol–water partition coefficient (Wildman–Crippen LogP) is 2.91. The second kappa shape index (κ2) is 7.40. The van der Waals surface area contributed by atoms with Crippen LogP contribution in [0, 0.1) is 12.7 Å². The van der Waals surface area contributed by atoms with E-state index in [1.807, 2.05) is 19.9 Å². The van der Waals surface area contributed by atoms with Crippen LogP contribution in [0.3, 0.4) is 0 Å². The number of amides is 1. The predicted molar refractivity (Wildman–Crippen MR) is 105 cm³/mol. The van der Waals surface area contributed by atoms with Gasteiger partial charge in [-0.1, -0.05) is 12.1 Å². The maximum Gasteiger partial charge on any atom is 0.274 e. The van der Waals surface area contributed by atoms with Gasteiger partial charge in [-0.25, -0.2) is 14.4 Å². The summed E-state index contributed by atoms with van der Waals surface area (Å²) >= 11 is 1.37. The molecule has 7 nitrogen and oxygen atoms in total. The summed E-state index contributed by atoms with van der Waals surface area (Å²) in [6.07, 6.45) is 0.0544. The van der Waals surface area contributed by atoms with E-state index in [1.54, 1.807) is 11.0 Å². The molecular formula is C19H20FN5O2S. The van der Waals surface area contributed by atoms with Crippen molar-refractivity contribution in [2.45, 2.75) is 32.4 Å². The third kappa shape index (κ3) is 3.67. The maximum absolute atomic E-state index is 13.5. The molecule has 9 heteroatoms. The number of carbonyl (C=O) groups is 1. The van der Waals surface area contributed by atoms with Gasteiger partial charge in [0.25, 0.3) is 5.91 Å². The van der Waals surface area contributed by atoms with Crippen LogP contribution in [0.1, 0.15) is 40.4 Å². The van der Waals surface area contributed by atoms with E-state index >= 15 is 0 Å². The molecule has 28 heavy (non-hydrogen) atoms. The van der Waals surface area contributed by atoms with Crippen LogP contribution in [0.4, 0.5) is 10.3 Å². The van der Waals surface area contributed by atoms with E-state index in [0.29, 0.717) is 29.9 Å². The summed E-state index contributed by atoms with van der Waals surface area (Å²) in [5.41, 5.74) is 1.47. The number of aliphatic hydroxyl groups is 1. The van der Waals surface area contributed by atoms with E-state index in [1.165, 1.54) is 23.5 Å². The van der Waals surface area contributed by atoms with Crippen molar-refractivity contribution < 1.29 is 14.3 Å². The Morgan fingerprint density at radius 3 is 2.93 bits per heavy atom. The first kappa shape index (κ1) is 18.7. The number of nitrogens with one attached hydrogen (secondary N) is 1. The Kier molecular flexibility index (Phi) is 4.94. The first-order valence-electron chi connectivity index (χ1n) is 9.05. The van der Waals surface area contributed by atoms with Gasteiger partial charge in [0.05, 0.1) is 17.2 Å². The number of β-amino-alcohol motifs (C(OH)–C–C–N with tert-alkyl or cyclic N) is 1. The molecule has 3 heterocycles. The van der Waals surface area contributed by atoms with Crippen LogP contribution in [0.2, 0.25) is 0 Å². The summed E-state index contributed by atoms with van der Waals surface area (Å²) in [5, 5.41) is 13.7. The Morgan fingerprint density at radius 1 is 1.39 bits per heavy atom. The zero-order valence-electron chi connectivity index (χ0n) is 15.5. The van der Waals surface area contributed by atoms with Gasteiger partial charge in [-0.05, 0) is 38.0 Å². The zero-order chi connectivity index (χ0) is 19.8. The van der Waals surface area contributed by atoms with Crippen LogP contribution >= 0.6 is 11.3 Å². The third-order valence-electron chi connectivity index (χ3n) is 4.71. The average molecular weight is 401 g/mol. The number of likely N-dealkylation sites (tertiary alicyclic amines) is 1. The van der Waals surface area contributed by atoms with Gasteiger partial charge in [0.1, 0.15) is 10.5 Å². The molecule has 3 aromatic rings. The molecule has 0 bridgehead atoms. The van der Waals surface area contributed by atoms with Crippen LogP contribution in [0.15, 0.2) is 24.3 Å². The number of thiazole rings is 1. The van der Waals surface area contributed by atoms with E-state index in [2.05, 4.69) is 20.3 Å². The molecule has 0 spiro atoms. The zero-order valence-corrected chi connectivity index (χ0v) is 16.3. The molecule has 1 amide bonds. The Balaban J connectivity index is 1.68. The Labute approximate surface area is 165 Å². The summed E-state index contributed by atoms with van der Waals surface area (Å²) in [4.78, 5) is 27.9. The second-order valence-corrected chi connectivity index (χ2v) is 8.10. The topological polar surface area (TPSA) is 91.2 Å². The lowest BCUT2D eigenvalue weighted by Gasteiger charge is -2.17. The molecule has 1 aromatic carbocycles. The van der Waals surface area contributed by atoms with Gasteiger partial charge < -0.3 is 15.3 Å². The number of hydrogen-bond acceptors (Lipinski definition) is 7. The molecule has 1 aliphatic heterocycles. The van der Waals surface area contributed by atoms with Crippen molar-refractivity contribution in [3.63, 3.8) is 0 Å². The maximum atomic E-state index is 13.5. The first-order valence-corrected chi connectivity index (χ1v) is 9.87. The molecule has 4 rings (SSSR count). The third-order valence-corrected chi connectivity index (χ3v) is 5.67. The summed E-state index contributed by atoms with van der Waals surface area (Å²) in [6, 6.07) is 6.03. The first-order chi connectivity index (χ1) is 13.4.